The van der Waals surface area contributed by atoms with Gasteiger partial charge in [-0.3, -0.25) is 0 Å². The van der Waals surface area contributed by atoms with Crippen LogP contribution in [-0.2, 0) is 0 Å². The molecule has 64 valence electrons. The minimum atomic E-state index is 0.344. The highest BCUT2D eigenvalue weighted by molar-refractivity contribution is 7.36. The van der Waals surface area contributed by atoms with Gasteiger partial charge in [0.1, 0.15) is 5.75 Å². The first-order chi connectivity index (χ1) is 5.88. The monoisotopic (exact) mass is 182 g/mol. The summed E-state index contributed by atoms with van der Waals surface area (Å²) in [4.78, 5) is 0. The highest BCUT2D eigenvalue weighted by Crippen LogP contribution is 2.29. The van der Waals surface area contributed by atoms with E-state index in [1.54, 1.807) is 6.07 Å². The van der Waals surface area contributed by atoms with Crippen molar-refractivity contribution >= 4 is 14.4 Å². The third kappa shape index (κ3) is 1.38. The quantitative estimate of drug-likeness (QED) is 0.643. The molecule has 0 aromatic heterocycles. The van der Waals surface area contributed by atoms with Gasteiger partial charge in [0.15, 0.2) is 0 Å². The first-order valence-electron chi connectivity index (χ1n) is 3.92. The van der Waals surface area contributed by atoms with Crippen LogP contribution in [0.5, 0.6) is 5.75 Å². The zero-order valence-electron chi connectivity index (χ0n) is 6.62. The van der Waals surface area contributed by atoms with Gasteiger partial charge in [0.25, 0.3) is 0 Å². The van der Waals surface area contributed by atoms with E-state index in [2.05, 4.69) is 5.20 Å². The molecule has 12 heavy (non-hydrogen) atoms. The van der Waals surface area contributed by atoms with Gasteiger partial charge in [-0.15, -0.1) is 0 Å². The fourth-order valence-electron chi connectivity index (χ4n) is 1.25. The van der Waals surface area contributed by atoms with Crippen LogP contribution in [-0.4, -0.2) is 17.8 Å². The smallest absolute Gasteiger partial charge is 0.140 e. The van der Waals surface area contributed by atoms with E-state index < -0.39 is 0 Å². The maximum absolute atomic E-state index is 9.49. The molecular weight excluding hydrogens is 171 g/mol. The molecule has 1 aliphatic rings. The van der Waals surface area contributed by atoms with Crippen LogP contribution in [0.2, 0.25) is 0 Å². The molecule has 1 aromatic carbocycles. The van der Waals surface area contributed by atoms with Crippen molar-refractivity contribution < 1.29 is 5.11 Å². The second-order valence-corrected chi connectivity index (χ2v) is 3.76. The lowest BCUT2D eigenvalue weighted by molar-refractivity contribution is 0.474. The molecule has 0 bridgehead atoms. The van der Waals surface area contributed by atoms with Gasteiger partial charge in [0.2, 0.25) is 0 Å². The number of phenolic OH excluding ortho intramolecular Hbond substituents is 1. The number of aromatic hydroxyl groups is 1. The molecule has 1 atom stereocenters. The first-order valence-corrected chi connectivity index (χ1v) is 5.13. The van der Waals surface area contributed by atoms with E-state index in [1.807, 2.05) is 23.2 Å². The fraction of sp³-hybridized carbons (Fsp3) is 0.250. The molecule has 1 heterocycles. The molecular formula is C8H11N2OP. The Morgan fingerprint density at radius 1 is 1.42 bits per heavy atom. The number of para-hydroxylation sites is 2. The van der Waals surface area contributed by atoms with Crippen LogP contribution < -0.4 is 10.2 Å². The van der Waals surface area contributed by atoms with E-state index in [4.69, 9.17) is 0 Å². The Morgan fingerprint density at radius 2 is 2.25 bits per heavy atom. The summed E-state index contributed by atoms with van der Waals surface area (Å²) in [5.74, 6) is 0.344. The number of benzene rings is 1. The number of rotatable bonds is 1. The molecule has 1 aromatic rings. The highest BCUT2D eigenvalue weighted by Gasteiger charge is 2.13. The molecule has 1 saturated heterocycles. The first kappa shape index (κ1) is 7.84. The average molecular weight is 182 g/mol. The molecule has 0 amide bonds. The molecule has 0 radical (unpaired) electrons. The maximum atomic E-state index is 9.49. The van der Waals surface area contributed by atoms with Gasteiger partial charge >= 0.3 is 0 Å². The molecule has 0 spiro atoms. The molecule has 1 unspecified atom stereocenters. The van der Waals surface area contributed by atoms with Crippen molar-refractivity contribution in [3.8, 4) is 5.75 Å². The fourth-order valence-corrected chi connectivity index (χ4v) is 2.12. The van der Waals surface area contributed by atoms with Crippen LogP contribution in [0.25, 0.3) is 0 Å². The zero-order chi connectivity index (χ0) is 8.39. The predicted molar refractivity (Wildman–Crippen MR) is 51.8 cm³/mol. The van der Waals surface area contributed by atoms with Crippen LogP contribution >= 0.6 is 8.73 Å². The topological polar surface area (TPSA) is 35.5 Å². The SMILES string of the molecule is Oc1ccccc1N1CCPN1. The predicted octanol–water partition coefficient (Wildman–Crippen LogP) is 1.31. The van der Waals surface area contributed by atoms with Crippen molar-refractivity contribution in [3.05, 3.63) is 24.3 Å². The molecule has 0 aliphatic carbocycles. The molecule has 3 nitrogen and oxygen atoms in total. The van der Waals surface area contributed by atoms with Gasteiger partial charge in [0.05, 0.1) is 5.69 Å². The van der Waals surface area contributed by atoms with Crippen LogP contribution in [0.3, 0.4) is 0 Å². The van der Waals surface area contributed by atoms with Crippen molar-refractivity contribution in [1.82, 2.24) is 5.20 Å². The maximum Gasteiger partial charge on any atom is 0.140 e. The van der Waals surface area contributed by atoms with Crippen LogP contribution in [0.1, 0.15) is 0 Å². The highest BCUT2D eigenvalue weighted by atomic mass is 31.1. The van der Waals surface area contributed by atoms with Crippen molar-refractivity contribution in [3.63, 3.8) is 0 Å². The zero-order valence-corrected chi connectivity index (χ0v) is 7.62. The molecule has 2 rings (SSSR count). The minimum absolute atomic E-state index is 0.344. The van der Waals surface area contributed by atoms with Gasteiger partial charge < -0.3 is 10.1 Å². The Morgan fingerprint density at radius 3 is 2.92 bits per heavy atom. The Balaban J connectivity index is 2.26. The van der Waals surface area contributed by atoms with Gasteiger partial charge in [-0.2, -0.15) is 0 Å². The second kappa shape index (κ2) is 3.30. The number of phenols is 1. The van der Waals surface area contributed by atoms with Gasteiger partial charge in [-0.1, -0.05) is 12.1 Å². The summed E-state index contributed by atoms with van der Waals surface area (Å²) in [6.07, 6.45) is 1.16. The summed E-state index contributed by atoms with van der Waals surface area (Å²) in [7, 11) is 0.776. The molecule has 2 N–H and O–H groups in total. The van der Waals surface area contributed by atoms with E-state index in [1.165, 1.54) is 0 Å². The molecule has 1 fully saturated rings. The van der Waals surface area contributed by atoms with E-state index in [-0.39, 0.29) is 0 Å². The number of hydrogen-bond donors (Lipinski definition) is 2. The minimum Gasteiger partial charge on any atom is -0.506 e. The van der Waals surface area contributed by atoms with Crippen LogP contribution in [0.15, 0.2) is 24.3 Å². The lowest BCUT2D eigenvalue weighted by Gasteiger charge is -2.17. The van der Waals surface area contributed by atoms with Gasteiger partial charge in [0, 0.05) is 6.54 Å². The summed E-state index contributed by atoms with van der Waals surface area (Å²) in [5, 5.41) is 14.7. The van der Waals surface area contributed by atoms with E-state index in [9.17, 15) is 5.11 Å². The lowest BCUT2D eigenvalue weighted by Crippen LogP contribution is -2.27. The Bertz CT molecular complexity index is 274. The second-order valence-electron chi connectivity index (χ2n) is 2.68. The van der Waals surface area contributed by atoms with E-state index in [0.29, 0.717) is 5.75 Å². The lowest BCUT2D eigenvalue weighted by atomic mass is 10.3. The number of hydrogen-bond acceptors (Lipinski definition) is 3. The Hall–Kier alpha value is -0.790. The summed E-state index contributed by atoms with van der Waals surface area (Å²) in [6, 6.07) is 7.38. The summed E-state index contributed by atoms with van der Waals surface area (Å²) >= 11 is 0. The third-order valence-electron chi connectivity index (χ3n) is 1.85. The Labute approximate surface area is 73.2 Å². The van der Waals surface area contributed by atoms with Crippen molar-refractivity contribution in [1.29, 1.82) is 0 Å². The van der Waals surface area contributed by atoms with Gasteiger partial charge in [-0.25, -0.2) is 5.20 Å². The van der Waals surface area contributed by atoms with Crippen LogP contribution in [0.4, 0.5) is 5.69 Å². The standard InChI is InChI=1S/C8H11N2OP/c11-8-4-2-1-3-7(8)10-5-6-12-9-10/h1-4,9,11-12H,5-6H2. The van der Waals surface area contributed by atoms with Crippen molar-refractivity contribution in [2.75, 3.05) is 17.7 Å². The molecule has 4 heteroatoms. The van der Waals surface area contributed by atoms with E-state index >= 15 is 0 Å². The summed E-state index contributed by atoms with van der Waals surface area (Å²) < 4.78 is 0. The number of nitrogens with zero attached hydrogens (tertiary/aromatic N) is 1. The third-order valence-corrected chi connectivity index (χ3v) is 2.75. The van der Waals surface area contributed by atoms with Gasteiger partial charge in [-0.05, 0) is 27.0 Å². The summed E-state index contributed by atoms with van der Waals surface area (Å²) in [6.45, 7) is 0.982. The largest absolute Gasteiger partial charge is 0.506 e. The summed E-state index contributed by atoms with van der Waals surface area (Å²) in [5.41, 5.74) is 0.877. The van der Waals surface area contributed by atoms with Crippen LogP contribution in [0, 0.1) is 0 Å². The average Bonchev–Trinajstić information content (AvgIpc) is 2.57. The number of nitrogens with one attached hydrogen (secondary N) is 1. The number of anilines is 1. The Kier molecular flexibility index (Phi) is 2.15. The number of hydrazine groups is 1. The van der Waals surface area contributed by atoms with E-state index in [0.717, 1.165) is 27.1 Å². The normalized spacial score (nSPS) is 18.8. The van der Waals surface area contributed by atoms with Crippen molar-refractivity contribution in [2.24, 2.45) is 0 Å². The molecule has 1 aliphatic heterocycles. The molecule has 0 saturated carbocycles. The van der Waals surface area contributed by atoms with Crippen molar-refractivity contribution in [2.45, 2.75) is 0 Å².